The fourth-order valence-electron chi connectivity index (χ4n) is 2.41. The highest BCUT2D eigenvalue weighted by Gasteiger charge is 2.20. The first kappa shape index (κ1) is 22.5. The minimum atomic E-state index is -0.892. The smallest absolute Gasteiger partial charge is 0.340 e. The molecule has 0 fully saturated rings. The van der Waals surface area contributed by atoms with Crippen LogP contribution in [0.2, 0.25) is 0 Å². The zero-order valence-electron chi connectivity index (χ0n) is 16.9. The van der Waals surface area contributed by atoms with Gasteiger partial charge in [0.2, 0.25) is 5.91 Å². The summed E-state index contributed by atoms with van der Waals surface area (Å²) < 4.78 is 5.28. The van der Waals surface area contributed by atoms with E-state index in [9.17, 15) is 14.4 Å². The van der Waals surface area contributed by atoms with Crippen molar-refractivity contribution in [1.29, 1.82) is 0 Å². The Kier molecular flexibility index (Phi) is 8.73. The summed E-state index contributed by atoms with van der Waals surface area (Å²) in [4.78, 5) is 37.3. The van der Waals surface area contributed by atoms with Gasteiger partial charge in [-0.3, -0.25) is 9.59 Å². The molecule has 0 aliphatic heterocycles. The van der Waals surface area contributed by atoms with Gasteiger partial charge in [-0.1, -0.05) is 36.8 Å². The van der Waals surface area contributed by atoms with Gasteiger partial charge >= 0.3 is 5.97 Å². The van der Waals surface area contributed by atoms with E-state index in [1.165, 1.54) is 18.7 Å². The number of hydrogen-bond donors (Lipinski definition) is 2. The van der Waals surface area contributed by atoms with E-state index < -0.39 is 12.1 Å². The average Bonchev–Trinajstić information content (AvgIpc) is 2.72. The predicted octanol–water partition coefficient (Wildman–Crippen LogP) is 3.80. The maximum absolute atomic E-state index is 12.5. The molecule has 7 heteroatoms. The third-order valence-corrected chi connectivity index (χ3v) is 5.08. The molecule has 1 unspecified atom stereocenters. The number of carbonyl (C=O) groups excluding carboxylic acids is 3. The molecular weight excluding hydrogens is 388 g/mol. The second-order valence-corrected chi connectivity index (χ2v) is 7.55. The number of benzene rings is 2. The molecule has 0 saturated heterocycles. The van der Waals surface area contributed by atoms with Crippen molar-refractivity contribution in [2.75, 3.05) is 17.6 Å². The summed E-state index contributed by atoms with van der Waals surface area (Å²) in [5, 5.41) is 5.52. The van der Waals surface area contributed by atoms with Crippen LogP contribution in [0.25, 0.3) is 0 Å². The van der Waals surface area contributed by atoms with Crippen LogP contribution in [0.1, 0.15) is 36.2 Å². The first-order valence-electron chi connectivity index (χ1n) is 9.47. The number of nitrogens with one attached hydrogen (secondary N) is 2. The lowest BCUT2D eigenvalue weighted by Crippen LogP contribution is -2.36. The van der Waals surface area contributed by atoms with Gasteiger partial charge in [-0.2, -0.15) is 0 Å². The quantitative estimate of drug-likeness (QED) is 0.482. The molecule has 0 radical (unpaired) electrons. The summed E-state index contributed by atoms with van der Waals surface area (Å²) in [5.41, 5.74) is 2.17. The van der Waals surface area contributed by atoms with E-state index in [1.807, 2.05) is 38.1 Å². The Morgan fingerprint density at radius 3 is 2.45 bits per heavy atom. The number of amides is 2. The number of aryl methyl sites for hydroxylation is 1. The van der Waals surface area contributed by atoms with E-state index in [1.54, 1.807) is 24.3 Å². The van der Waals surface area contributed by atoms with Crippen molar-refractivity contribution in [1.82, 2.24) is 5.32 Å². The highest BCUT2D eigenvalue weighted by Crippen LogP contribution is 2.24. The minimum Gasteiger partial charge on any atom is -0.449 e. The third kappa shape index (κ3) is 7.27. The van der Waals surface area contributed by atoms with Crippen molar-refractivity contribution >= 4 is 35.2 Å². The van der Waals surface area contributed by atoms with E-state index in [-0.39, 0.29) is 17.6 Å². The Bertz CT molecular complexity index is 852. The molecule has 2 aromatic rings. The molecule has 1 atom stereocenters. The molecule has 154 valence electrons. The first-order valence-corrected chi connectivity index (χ1v) is 10.5. The van der Waals surface area contributed by atoms with Gasteiger partial charge in [-0.25, -0.2) is 4.79 Å². The van der Waals surface area contributed by atoms with Crippen molar-refractivity contribution in [3.8, 4) is 0 Å². The van der Waals surface area contributed by atoms with Crippen LogP contribution in [-0.2, 0) is 14.3 Å². The molecule has 29 heavy (non-hydrogen) atoms. The zero-order valence-corrected chi connectivity index (χ0v) is 17.7. The molecule has 0 spiro atoms. The summed E-state index contributed by atoms with van der Waals surface area (Å²) in [6.45, 7) is 5.99. The highest BCUT2D eigenvalue weighted by atomic mass is 32.2. The molecule has 2 aromatic carbocycles. The Morgan fingerprint density at radius 2 is 1.76 bits per heavy atom. The SMILES string of the molecule is CCCNC(=O)C(C)OC(=O)c1ccccc1SCC(=O)Nc1ccc(C)cc1. The van der Waals surface area contributed by atoms with Gasteiger partial charge in [-0.15, -0.1) is 11.8 Å². The number of ether oxygens (including phenoxy) is 1. The number of rotatable bonds is 9. The minimum absolute atomic E-state index is 0.144. The second-order valence-electron chi connectivity index (χ2n) is 6.54. The van der Waals surface area contributed by atoms with E-state index in [2.05, 4.69) is 10.6 Å². The van der Waals surface area contributed by atoms with Crippen LogP contribution in [0.3, 0.4) is 0 Å². The van der Waals surface area contributed by atoms with Crippen molar-refractivity contribution in [3.63, 3.8) is 0 Å². The molecule has 6 nitrogen and oxygen atoms in total. The summed E-state index contributed by atoms with van der Waals surface area (Å²) in [5.74, 6) is -0.951. The molecular formula is C22H26N2O4S. The Hall–Kier alpha value is -2.80. The Morgan fingerprint density at radius 1 is 1.07 bits per heavy atom. The summed E-state index contributed by atoms with van der Waals surface area (Å²) in [7, 11) is 0. The summed E-state index contributed by atoms with van der Waals surface area (Å²) in [6.07, 6.45) is -0.0896. The van der Waals surface area contributed by atoms with Gasteiger partial charge in [0, 0.05) is 17.1 Å². The number of esters is 1. The highest BCUT2D eigenvalue weighted by molar-refractivity contribution is 8.00. The standard InChI is InChI=1S/C22H26N2O4S/c1-4-13-23-21(26)16(3)28-22(27)18-7-5-6-8-19(18)29-14-20(25)24-17-11-9-15(2)10-12-17/h5-12,16H,4,13-14H2,1-3H3,(H,23,26)(H,24,25). The van der Waals surface area contributed by atoms with Crippen molar-refractivity contribution in [2.45, 2.75) is 38.2 Å². The molecule has 0 aliphatic carbocycles. The second kappa shape index (κ2) is 11.3. The van der Waals surface area contributed by atoms with Crippen molar-refractivity contribution in [2.24, 2.45) is 0 Å². The Balaban J connectivity index is 1.95. The van der Waals surface area contributed by atoms with E-state index >= 15 is 0 Å². The van der Waals surface area contributed by atoms with Crippen LogP contribution < -0.4 is 10.6 Å². The van der Waals surface area contributed by atoms with Crippen LogP contribution in [0, 0.1) is 6.92 Å². The normalized spacial score (nSPS) is 11.4. The molecule has 2 N–H and O–H groups in total. The lowest BCUT2D eigenvalue weighted by Gasteiger charge is -2.14. The van der Waals surface area contributed by atoms with Crippen molar-refractivity contribution in [3.05, 3.63) is 59.7 Å². The predicted molar refractivity (Wildman–Crippen MR) is 115 cm³/mol. The van der Waals surface area contributed by atoms with Gasteiger partial charge in [0.1, 0.15) is 0 Å². The first-order chi connectivity index (χ1) is 13.9. The van der Waals surface area contributed by atoms with Crippen LogP contribution in [0.4, 0.5) is 5.69 Å². The topological polar surface area (TPSA) is 84.5 Å². The molecule has 0 saturated carbocycles. The van der Waals surface area contributed by atoms with Crippen molar-refractivity contribution < 1.29 is 19.1 Å². The molecule has 0 heterocycles. The van der Waals surface area contributed by atoms with E-state index in [4.69, 9.17) is 4.74 Å². The number of hydrogen-bond acceptors (Lipinski definition) is 5. The fourth-order valence-corrected chi connectivity index (χ4v) is 3.25. The average molecular weight is 415 g/mol. The van der Waals surface area contributed by atoms with Crippen LogP contribution in [0.15, 0.2) is 53.4 Å². The Labute approximate surface area is 175 Å². The van der Waals surface area contributed by atoms with Gasteiger partial charge in [0.25, 0.3) is 5.91 Å². The van der Waals surface area contributed by atoms with Crippen LogP contribution in [-0.4, -0.2) is 36.2 Å². The number of anilines is 1. The summed E-state index contributed by atoms with van der Waals surface area (Å²) in [6, 6.07) is 14.4. The maximum Gasteiger partial charge on any atom is 0.340 e. The van der Waals surface area contributed by atoms with Gasteiger partial charge < -0.3 is 15.4 Å². The van der Waals surface area contributed by atoms with Gasteiger partial charge in [0.15, 0.2) is 6.10 Å². The molecule has 2 rings (SSSR count). The molecule has 0 aliphatic rings. The van der Waals surface area contributed by atoms with Crippen LogP contribution in [0.5, 0.6) is 0 Å². The lowest BCUT2D eigenvalue weighted by molar-refractivity contribution is -0.129. The summed E-state index contributed by atoms with van der Waals surface area (Å²) >= 11 is 1.24. The zero-order chi connectivity index (χ0) is 21.2. The van der Waals surface area contributed by atoms with E-state index in [0.29, 0.717) is 17.0 Å². The van der Waals surface area contributed by atoms with E-state index in [0.717, 1.165) is 17.7 Å². The van der Waals surface area contributed by atoms with Gasteiger partial charge in [-0.05, 0) is 44.5 Å². The number of carbonyl (C=O) groups is 3. The van der Waals surface area contributed by atoms with Gasteiger partial charge in [0.05, 0.1) is 11.3 Å². The number of thioether (sulfide) groups is 1. The third-order valence-electron chi connectivity index (χ3n) is 4.00. The monoisotopic (exact) mass is 414 g/mol. The molecule has 0 aromatic heterocycles. The molecule has 2 amide bonds. The maximum atomic E-state index is 12.5. The molecule has 0 bridgehead atoms. The van der Waals surface area contributed by atoms with Crippen LogP contribution >= 0.6 is 11.8 Å². The lowest BCUT2D eigenvalue weighted by atomic mass is 10.2. The fraction of sp³-hybridized carbons (Fsp3) is 0.318. The largest absolute Gasteiger partial charge is 0.449 e.